The van der Waals surface area contributed by atoms with Crippen LogP contribution in [0, 0.1) is 11.8 Å². The minimum Gasteiger partial charge on any atom is -0.322 e. The Morgan fingerprint density at radius 1 is 0.583 bits per heavy atom. The fraction of sp³-hybridized carbons (Fsp3) is 0.129. The first-order valence-corrected chi connectivity index (χ1v) is 12.2. The highest BCUT2D eigenvalue weighted by Gasteiger charge is 2.61. The number of nitrogens with zero attached hydrogens (tertiary/aromatic N) is 1. The molecule has 5 nitrogen and oxygen atoms in total. The van der Waals surface area contributed by atoms with Gasteiger partial charge in [-0.2, -0.15) is 0 Å². The van der Waals surface area contributed by atoms with Crippen LogP contribution in [0.1, 0.15) is 44.4 Å². The Bertz CT molecular complexity index is 1430. The normalized spacial score (nSPS) is 23.2. The van der Waals surface area contributed by atoms with Crippen LogP contribution in [0.15, 0.2) is 103 Å². The molecule has 0 aromatic heterocycles. The van der Waals surface area contributed by atoms with Crippen molar-refractivity contribution < 1.29 is 14.4 Å². The number of hydrogen-bond acceptors (Lipinski definition) is 3. The molecule has 3 amide bonds. The van der Waals surface area contributed by atoms with Gasteiger partial charge >= 0.3 is 0 Å². The van der Waals surface area contributed by atoms with Crippen molar-refractivity contribution in [3.05, 3.63) is 131 Å². The highest BCUT2D eigenvalue weighted by Crippen LogP contribution is 2.61. The number of nitrogens with one attached hydrogen (secondary N) is 1. The molecule has 5 heteroatoms. The molecule has 2 bridgehead atoms. The largest absolute Gasteiger partial charge is 0.322 e. The molecule has 0 radical (unpaired) electrons. The molecule has 1 saturated heterocycles. The number of benzene rings is 4. The Kier molecular flexibility index (Phi) is 4.48. The zero-order valence-corrected chi connectivity index (χ0v) is 19.3. The summed E-state index contributed by atoms with van der Waals surface area (Å²) in [6.07, 6.45) is 0. The van der Waals surface area contributed by atoms with Crippen LogP contribution < -0.4 is 10.2 Å². The molecule has 3 aliphatic carbocycles. The van der Waals surface area contributed by atoms with E-state index in [1.807, 2.05) is 42.5 Å². The second-order valence-electron chi connectivity index (χ2n) is 9.64. The van der Waals surface area contributed by atoms with Gasteiger partial charge in [0.05, 0.1) is 17.5 Å². The van der Waals surface area contributed by atoms with Gasteiger partial charge in [-0.25, -0.2) is 4.90 Å². The van der Waals surface area contributed by atoms with E-state index in [-0.39, 0.29) is 29.6 Å². The molecule has 2 atom stereocenters. The van der Waals surface area contributed by atoms with Crippen LogP contribution in [-0.2, 0) is 9.59 Å². The lowest BCUT2D eigenvalue weighted by Gasteiger charge is -2.45. The first kappa shape index (κ1) is 20.8. The van der Waals surface area contributed by atoms with Gasteiger partial charge in [-0.15, -0.1) is 0 Å². The lowest BCUT2D eigenvalue weighted by Crippen LogP contribution is -2.41. The zero-order valence-electron chi connectivity index (χ0n) is 19.3. The number of imide groups is 1. The lowest BCUT2D eigenvalue weighted by atomic mass is 9.55. The van der Waals surface area contributed by atoms with E-state index in [2.05, 4.69) is 29.6 Å². The average Bonchev–Trinajstić information content (AvgIpc) is 3.20. The van der Waals surface area contributed by atoms with Crippen LogP contribution in [0.25, 0.3) is 0 Å². The molecule has 1 aliphatic heterocycles. The molecule has 1 fully saturated rings. The van der Waals surface area contributed by atoms with Crippen LogP contribution in [0.3, 0.4) is 0 Å². The standard InChI is InChI=1S/C31H22N2O3/c34-29(18-8-2-1-3-9-18)32-19-14-16-20(17-15-19)33-30(35)27-25-21-10-4-5-11-22(21)26(28(27)31(33)36)24-13-7-6-12-23(24)25/h1-17,25-28H,(H,32,34). The van der Waals surface area contributed by atoms with Gasteiger partial charge in [0.2, 0.25) is 11.8 Å². The van der Waals surface area contributed by atoms with E-state index in [4.69, 9.17) is 0 Å². The molecule has 4 aromatic rings. The van der Waals surface area contributed by atoms with E-state index in [0.717, 1.165) is 22.3 Å². The van der Waals surface area contributed by atoms with Crippen molar-refractivity contribution in [1.82, 2.24) is 0 Å². The number of hydrogen-bond donors (Lipinski definition) is 1. The molecule has 174 valence electrons. The van der Waals surface area contributed by atoms with Gasteiger partial charge in [0.15, 0.2) is 0 Å². The Hall–Kier alpha value is -4.51. The highest BCUT2D eigenvalue weighted by atomic mass is 16.2. The summed E-state index contributed by atoms with van der Waals surface area (Å²) in [5.74, 6) is -1.59. The van der Waals surface area contributed by atoms with Gasteiger partial charge in [0.1, 0.15) is 0 Å². The summed E-state index contributed by atoms with van der Waals surface area (Å²) in [5.41, 5.74) is 6.32. The average molecular weight is 471 g/mol. The maximum Gasteiger partial charge on any atom is 0.255 e. The van der Waals surface area contributed by atoms with Gasteiger partial charge in [0, 0.05) is 23.1 Å². The van der Waals surface area contributed by atoms with Crippen molar-refractivity contribution in [2.75, 3.05) is 10.2 Å². The van der Waals surface area contributed by atoms with Crippen molar-refractivity contribution in [2.24, 2.45) is 11.8 Å². The van der Waals surface area contributed by atoms with E-state index in [1.165, 1.54) is 4.90 Å². The van der Waals surface area contributed by atoms with Crippen LogP contribution in [0.2, 0.25) is 0 Å². The first-order chi connectivity index (χ1) is 17.6. The monoisotopic (exact) mass is 470 g/mol. The number of carbonyl (C=O) groups excluding carboxylic acids is 3. The van der Waals surface area contributed by atoms with Crippen LogP contribution >= 0.6 is 0 Å². The molecule has 1 N–H and O–H groups in total. The van der Waals surface area contributed by atoms with Crippen molar-refractivity contribution in [2.45, 2.75) is 11.8 Å². The number of anilines is 2. The number of rotatable bonds is 3. The van der Waals surface area contributed by atoms with Crippen molar-refractivity contribution >= 4 is 29.1 Å². The smallest absolute Gasteiger partial charge is 0.255 e. The molecule has 2 unspecified atom stereocenters. The van der Waals surface area contributed by atoms with Crippen molar-refractivity contribution in [3.8, 4) is 0 Å². The molecule has 4 aliphatic rings. The summed E-state index contributed by atoms with van der Waals surface area (Å²) in [4.78, 5) is 41.5. The summed E-state index contributed by atoms with van der Waals surface area (Å²) < 4.78 is 0. The highest BCUT2D eigenvalue weighted by molar-refractivity contribution is 6.23. The molecule has 0 spiro atoms. The summed E-state index contributed by atoms with van der Waals surface area (Å²) in [5, 5.41) is 2.87. The molecule has 0 saturated carbocycles. The van der Waals surface area contributed by atoms with Crippen LogP contribution in [0.4, 0.5) is 11.4 Å². The van der Waals surface area contributed by atoms with E-state index in [1.54, 1.807) is 36.4 Å². The number of carbonyl (C=O) groups is 3. The quantitative estimate of drug-likeness (QED) is 0.411. The minimum atomic E-state index is -0.412. The molecule has 8 rings (SSSR count). The summed E-state index contributed by atoms with van der Waals surface area (Å²) in [6.45, 7) is 0. The Morgan fingerprint density at radius 2 is 1.03 bits per heavy atom. The number of amides is 3. The molecule has 4 aromatic carbocycles. The molecular weight excluding hydrogens is 448 g/mol. The van der Waals surface area contributed by atoms with Crippen molar-refractivity contribution in [1.29, 1.82) is 0 Å². The molecule has 1 heterocycles. The van der Waals surface area contributed by atoms with Gasteiger partial charge in [-0.1, -0.05) is 66.7 Å². The maximum absolute atomic E-state index is 13.8. The summed E-state index contributed by atoms with van der Waals surface area (Å²) in [7, 11) is 0. The topological polar surface area (TPSA) is 66.5 Å². The van der Waals surface area contributed by atoms with E-state index >= 15 is 0 Å². The predicted molar refractivity (Wildman–Crippen MR) is 137 cm³/mol. The van der Waals surface area contributed by atoms with E-state index in [9.17, 15) is 14.4 Å². The van der Waals surface area contributed by atoms with Crippen LogP contribution in [-0.4, -0.2) is 17.7 Å². The first-order valence-electron chi connectivity index (χ1n) is 12.2. The van der Waals surface area contributed by atoms with E-state index < -0.39 is 11.8 Å². The minimum absolute atomic E-state index is 0.127. The summed E-state index contributed by atoms with van der Waals surface area (Å²) >= 11 is 0. The van der Waals surface area contributed by atoms with Gasteiger partial charge in [0.25, 0.3) is 5.91 Å². The van der Waals surface area contributed by atoms with Gasteiger partial charge in [-0.05, 0) is 58.7 Å². The third kappa shape index (κ3) is 2.86. The molecule has 36 heavy (non-hydrogen) atoms. The molecular formula is C31H22N2O3. The van der Waals surface area contributed by atoms with E-state index in [0.29, 0.717) is 16.9 Å². The van der Waals surface area contributed by atoms with Crippen molar-refractivity contribution in [3.63, 3.8) is 0 Å². The third-order valence-electron chi connectivity index (χ3n) is 7.87. The Labute approximate surface area is 208 Å². The second kappa shape index (κ2) is 7.75. The predicted octanol–water partition coefficient (Wildman–Crippen LogP) is 5.34. The Balaban J connectivity index is 1.23. The second-order valence-corrected chi connectivity index (χ2v) is 9.64. The van der Waals surface area contributed by atoms with Gasteiger partial charge in [-0.3, -0.25) is 14.4 Å². The van der Waals surface area contributed by atoms with Crippen LogP contribution in [0.5, 0.6) is 0 Å². The lowest BCUT2D eigenvalue weighted by molar-refractivity contribution is -0.122. The third-order valence-corrected chi connectivity index (χ3v) is 7.87. The maximum atomic E-state index is 13.8. The van der Waals surface area contributed by atoms with Gasteiger partial charge < -0.3 is 5.32 Å². The fourth-order valence-electron chi connectivity index (χ4n) is 6.42. The fourth-order valence-corrected chi connectivity index (χ4v) is 6.42. The SMILES string of the molecule is O=C(Nc1ccc(N2C(=O)C3C4c5ccccc5C(c5ccccc54)C3C2=O)cc1)c1ccccc1. The Morgan fingerprint density at radius 3 is 1.50 bits per heavy atom. The summed E-state index contributed by atoms with van der Waals surface area (Å²) in [6, 6.07) is 32.4. The zero-order chi connectivity index (χ0) is 24.4.